The molecule has 0 fully saturated rings. The topological polar surface area (TPSA) is 110 Å². The van der Waals surface area contributed by atoms with Gasteiger partial charge in [0.25, 0.3) is 11.5 Å². The minimum absolute atomic E-state index is 0.00445. The molecule has 32 heavy (non-hydrogen) atoms. The number of aromatic nitrogens is 2. The van der Waals surface area contributed by atoms with Crippen molar-refractivity contribution in [1.29, 1.82) is 0 Å². The second kappa shape index (κ2) is 9.54. The van der Waals surface area contributed by atoms with E-state index < -0.39 is 11.2 Å². The molecule has 0 bridgehead atoms. The zero-order chi connectivity index (χ0) is 22.7. The maximum Gasteiger partial charge on any atom is 0.330 e. The van der Waals surface area contributed by atoms with E-state index in [-0.39, 0.29) is 30.5 Å². The molecule has 0 aliphatic heterocycles. The summed E-state index contributed by atoms with van der Waals surface area (Å²) in [4.78, 5) is 44.4. The van der Waals surface area contributed by atoms with Crippen LogP contribution in [0, 0.1) is 0 Å². The standard InChI is InChI=1S/C23H26N4O4S/c1-31-12-6-11-26(22(29)18-13-16-9-5-10-17(16)32-18)19-20(24)27(23(30)25-21(19)28)14-15-7-3-2-4-8-15/h2-4,7-8,13H,5-6,9-12,14,24H2,1H3,(H,25,28,30). The van der Waals surface area contributed by atoms with Gasteiger partial charge in [0.15, 0.2) is 5.69 Å². The van der Waals surface area contributed by atoms with Crippen LogP contribution in [0.15, 0.2) is 46.0 Å². The van der Waals surface area contributed by atoms with Crippen molar-refractivity contribution < 1.29 is 9.53 Å². The van der Waals surface area contributed by atoms with Crippen LogP contribution in [0.5, 0.6) is 0 Å². The first-order chi connectivity index (χ1) is 15.5. The number of ether oxygens (including phenoxy) is 1. The monoisotopic (exact) mass is 454 g/mol. The third-order valence-electron chi connectivity index (χ3n) is 5.60. The van der Waals surface area contributed by atoms with Crippen molar-refractivity contribution in [2.24, 2.45) is 0 Å². The average Bonchev–Trinajstić information content (AvgIpc) is 3.38. The van der Waals surface area contributed by atoms with Crippen molar-refractivity contribution in [3.8, 4) is 0 Å². The Morgan fingerprint density at radius 2 is 2.03 bits per heavy atom. The van der Waals surface area contributed by atoms with Gasteiger partial charge in [-0.1, -0.05) is 30.3 Å². The van der Waals surface area contributed by atoms with Gasteiger partial charge in [-0.05, 0) is 42.9 Å². The number of nitrogen functional groups attached to an aromatic ring is 1. The molecule has 9 heteroatoms. The second-order valence-corrected chi connectivity index (χ2v) is 8.92. The number of H-pyrrole nitrogens is 1. The zero-order valence-electron chi connectivity index (χ0n) is 17.9. The summed E-state index contributed by atoms with van der Waals surface area (Å²) in [5, 5.41) is 0. The van der Waals surface area contributed by atoms with Crippen LogP contribution in [-0.4, -0.2) is 35.7 Å². The minimum atomic E-state index is -0.674. The van der Waals surface area contributed by atoms with E-state index in [0.717, 1.165) is 24.8 Å². The predicted molar refractivity (Wildman–Crippen MR) is 126 cm³/mol. The molecule has 3 aromatic rings. The van der Waals surface area contributed by atoms with E-state index in [1.807, 2.05) is 36.4 Å². The first-order valence-corrected chi connectivity index (χ1v) is 11.4. The highest BCUT2D eigenvalue weighted by atomic mass is 32.1. The fourth-order valence-corrected chi connectivity index (χ4v) is 5.21. The first kappa shape index (κ1) is 22.0. The van der Waals surface area contributed by atoms with E-state index in [1.54, 1.807) is 7.11 Å². The maximum absolute atomic E-state index is 13.5. The number of nitrogens with zero attached hydrogens (tertiary/aromatic N) is 2. The largest absolute Gasteiger partial charge is 0.385 e. The van der Waals surface area contributed by atoms with Gasteiger partial charge < -0.3 is 10.5 Å². The van der Waals surface area contributed by atoms with E-state index in [2.05, 4.69) is 4.98 Å². The van der Waals surface area contributed by atoms with Crippen LogP contribution in [0.4, 0.5) is 11.5 Å². The van der Waals surface area contributed by atoms with Gasteiger partial charge in [0, 0.05) is 25.1 Å². The smallest absolute Gasteiger partial charge is 0.330 e. The van der Waals surface area contributed by atoms with E-state index in [9.17, 15) is 14.4 Å². The number of nitrogens with two attached hydrogens (primary N) is 1. The number of rotatable bonds is 8. The SMILES string of the molecule is COCCCN(C(=O)c1cc2c(s1)CCC2)c1c(N)n(Cc2ccccc2)c(=O)[nH]c1=O. The molecule has 3 N–H and O–H groups in total. The maximum atomic E-state index is 13.5. The second-order valence-electron chi connectivity index (χ2n) is 7.78. The summed E-state index contributed by atoms with van der Waals surface area (Å²) in [5.74, 6) is -0.319. The van der Waals surface area contributed by atoms with Crippen molar-refractivity contribution in [2.75, 3.05) is 30.9 Å². The lowest BCUT2D eigenvalue weighted by atomic mass is 10.2. The molecule has 8 nitrogen and oxygen atoms in total. The van der Waals surface area contributed by atoms with Gasteiger partial charge in [-0.25, -0.2) is 4.79 Å². The Morgan fingerprint density at radius 1 is 1.25 bits per heavy atom. The lowest BCUT2D eigenvalue weighted by Gasteiger charge is -2.24. The molecule has 1 aliphatic rings. The Bertz CT molecular complexity index is 1210. The molecule has 0 atom stereocenters. The highest BCUT2D eigenvalue weighted by Crippen LogP contribution is 2.32. The van der Waals surface area contributed by atoms with Crippen LogP contribution in [0.1, 0.15) is 38.5 Å². The van der Waals surface area contributed by atoms with Crippen LogP contribution in [0.25, 0.3) is 0 Å². The molecule has 0 spiro atoms. The summed E-state index contributed by atoms with van der Waals surface area (Å²) in [6, 6.07) is 11.3. The highest BCUT2D eigenvalue weighted by molar-refractivity contribution is 7.14. The molecular weight excluding hydrogens is 428 g/mol. The normalized spacial score (nSPS) is 12.7. The van der Waals surface area contributed by atoms with Crippen molar-refractivity contribution >= 4 is 28.7 Å². The molecular formula is C23H26N4O4S. The van der Waals surface area contributed by atoms with Gasteiger partial charge in [-0.3, -0.25) is 24.0 Å². The summed E-state index contributed by atoms with van der Waals surface area (Å²) in [5.41, 5.74) is 7.11. The molecule has 0 saturated heterocycles. The molecule has 4 rings (SSSR count). The Hall–Kier alpha value is -3.17. The number of hydrogen-bond acceptors (Lipinski definition) is 6. The van der Waals surface area contributed by atoms with Gasteiger partial charge in [0.1, 0.15) is 5.82 Å². The summed E-state index contributed by atoms with van der Waals surface area (Å²) >= 11 is 1.47. The van der Waals surface area contributed by atoms with E-state index in [4.69, 9.17) is 10.5 Å². The van der Waals surface area contributed by atoms with Crippen LogP contribution >= 0.6 is 11.3 Å². The summed E-state index contributed by atoms with van der Waals surface area (Å²) < 4.78 is 6.43. The number of aromatic amines is 1. The fourth-order valence-electron chi connectivity index (χ4n) is 4.01. The lowest BCUT2D eigenvalue weighted by molar-refractivity contribution is 0.0987. The summed E-state index contributed by atoms with van der Waals surface area (Å²) in [6.07, 6.45) is 3.56. The Balaban J connectivity index is 1.75. The Kier molecular flexibility index (Phi) is 6.57. The van der Waals surface area contributed by atoms with Crippen LogP contribution in [-0.2, 0) is 24.1 Å². The third kappa shape index (κ3) is 4.39. The minimum Gasteiger partial charge on any atom is -0.385 e. The molecule has 1 amide bonds. The summed E-state index contributed by atoms with van der Waals surface area (Å²) in [7, 11) is 1.58. The summed E-state index contributed by atoms with van der Waals surface area (Å²) in [6.45, 7) is 0.848. The number of fused-ring (bicyclic) bond motifs is 1. The quantitative estimate of drug-likeness (QED) is 0.508. The molecule has 0 unspecified atom stereocenters. The molecule has 2 aromatic heterocycles. The zero-order valence-corrected chi connectivity index (χ0v) is 18.7. The number of benzene rings is 1. The van der Waals surface area contributed by atoms with Crippen molar-refractivity contribution in [1.82, 2.24) is 9.55 Å². The lowest BCUT2D eigenvalue weighted by Crippen LogP contribution is -2.41. The van der Waals surface area contributed by atoms with Gasteiger partial charge >= 0.3 is 5.69 Å². The molecule has 168 valence electrons. The number of thiophene rings is 1. The molecule has 1 aromatic carbocycles. The number of methoxy groups -OCH3 is 1. The van der Waals surface area contributed by atoms with Crippen molar-refractivity contribution in [3.05, 3.63) is 78.1 Å². The van der Waals surface area contributed by atoms with Crippen molar-refractivity contribution in [3.63, 3.8) is 0 Å². The number of hydrogen-bond donors (Lipinski definition) is 2. The third-order valence-corrected chi connectivity index (χ3v) is 6.83. The Morgan fingerprint density at radius 3 is 2.75 bits per heavy atom. The van der Waals surface area contributed by atoms with Crippen LogP contribution in [0.3, 0.4) is 0 Å². The number of carbonyl (C=O) groups is 1. The van der Waals surface area contributed by atoms with Gasteiger partial charge in [0.05, 0.1) is 11.4 Å². The van der Waals surface area contributed by atoms with Gasteiger partial charge in [-0.15, -0.1) is 11.3 Å². The number of anilines is 2. The molecule has 2 heterocycles. The number of nitrogens with one attached hydrogen (secondary N) is 1. The average molecular weight is 455 g/mol. The van der Waals surface area contributed by atoms with E-state index in [0.29, 0.717) is 17.9 Å². The molecule has 0 radical (unpaired) electrons. The first-order valence-electron chi connectivity index (χ1n) is 10.6. The van der Waals surface area contributed by atoms with Crippen LogP contribution < -0.4 is 21.9 Å². The van der Waals surface area contributed by atoms with Gasteiger partial charge in [0.2, 0.25) is 0 Å². The molecule has 1 aliphatic carbocycles. The highest BCUT2D eigenvalue weighted by Gasteiger charge is 2.28. The van der Waals surface area contributed by atoms with Crippen LogP contribution in [0.2, 0.25) is 0 Å². The Labute approximate surface area is 189 Å². The van der Waals surface area contributed by atoms with E-state index in [1.165, 1.54) is 31.2 Å². The fraction of sp³-hybridized carbons (Fsp3) is 0.348. The number of aryl methyl sites for hydroxylation is 2. The van der Waals surface area contributed by atoms with Crippen molar-refractivity contribution in [2.45, 2.75) is 32.2 Å². The van der Waals surface area contributed by atoms with Gasteiger partial charge in [-0.2, -0.15) is 0 Å². The predicted octanol–water partition coefficient (Wildman–Crippen LogP) is 2.40. The van der Waals surface area contributed by atoms with E-state index >= 15 is 0 Å². The molecule has 0 saturated carbocycles. The number of amides is 1. The number of carbonyl (C=O) groups excluding carboxylic acids is 1.